The minimum Gasteiger partial charge on any atom is -0.457 e. The number of ether oxygens (including phenoxy) is 1. The molecule has 1 aliphatic rings. The average Bonchev–Trinajstić information content (AvgIpc) is 3.13. The van der Waals surface area contributed by atoms with E-state index in [0.717, 1.165) is 42.0 Å². The minimum atomic E-state index is -0.402. The van der Waals surface area contributed by atoms with Crippen molar-refractivity contribution in [3.63, 3.8) is 0 Å². The van der Waals surface area contributed by atoms with Gasteiger partial charge in [0, 0.05) is 30.3 Å². The molecule has 0 radical (unpaired) electrons. The van der Waals surface area contributed by atoms with E-state index in [2.05, 4.69) is 15.4 Å². The summed E-state index contributed by atoms with van der Waals surface area (Å²) in [5.74, 6) is 1.26. The van der Waals surface area contributed by atoms with Crippen molar-refractivity contribution >= 4 is 11.6 Å². The van der Waals surface area contributed by atoms with Crippen molar-refractivity contribution in [2.75, 3.05) is 25.0 Å². The smallest absolute Gasteiger partial charge is 0.225 e. The van der Waals surface area contributed by atoms with Crippen LogP contribution in [0.25, 0.3) is 11.1 Å². The monoisotopic (exact) mass is 465 g/mol. The highest BCUT2D eigenvalue weighted by Crippen LogP contribution is 2.35. The average molecular weight is 466 g/mol. The van der Waals surface area contributed by atoms with Gasteiger partial charge in [-0.25, -0.2) is 4.39 Å². The number of rotatable bonds is 7. The first-order chi connectivity index (χ1) is 16.3. The number of aryl methyl sites for hydroxylation is 4. The maximum atomic E-state index is 14.4. The zero-order valence-corrected chi connectivity index (χ0v) is 20.3. The summed E-state index contributed by atoms with van der Waals surface area (Å²) in [6.07, 6.45) is 4.19. The third kappa shape index (κ3) is 5.65. The predicted molar refractivity (Wildman–Crippen MR) is 131 cm³/mol. The normalized spacial score (nSPS) is 14.3. The molecule has 2 heterocycles. The van der Waals surface area contributed by atoms with Crippen molar-refractivity contribution in [2.45, 2.75) is 53.4 Å². The molecule has 1 aromatic heterocycles. The van der Waals surface area contributed by atoms with Crippen LogP contribution in [0.15, 0.2) is 34.9 Å². The van der Waals surface area contributed by atoms with Gasteiger partial charge in [-0.2, -0.15) is 0 Å². The third-order valence-corrected chi connectivity index (χ3v) is 6.26. The van der Waals surface area contributed by atoms with E-state index < -0.39 is 5.82 Å². The number of benzene rings is 2. The Hall–Kier alpha value is -3.19. The molecule has 0 spiro atoms. The lowest BCUT2D eigenvalue weighted by Gasteiger charge is -2.26. The van der Waals surface area contributed by atoms with Gasteiger partial charge in [0.1, 0.15) is 23.1 Å². The number of nitrogens with one attached hydrogen (secondary N) is 1. The number of nitrogens with zero attached hydrogens (tertiary/aromatic N) is 2. The van der Waals surface area contributed by atoms with Gasteiger partial charge in [-0.1, -0.05) is 11.6 Å². The predicted octanol–water partition coefficient (Wildman–Crippen LogP) is 6.32. The quantitative estimate of drug-likeness (QED) is 0.442. The first-order valence-corrected chi connectivity index (χ1v) is 11.9. The number of hydrogen-bond donors (Lipinski definition) is 1. The Morgan fingerprint density at radius 2 is 1.76 bits per heavy atom. The lowest BCUT2D eigenvalue weighted by atomic mass is 10.0. The van der Waals surface area contributed by atoms with Crippen LogP contribution >= 0.6 is 0 Å². The Labute approximate surface area is 200 Å². The molecule has 0 bridgehead atoms. The van der Waals surface area contributed by atoms with Crippen molar-refractivity contribution in [3.8, 4) is 22.6 Å². The number of aromatic nitrogens is 1. The summed E-state index contributed by atoms with van der Waals surface area (Å²) >= 11 is 0. The first-order valence-electron chi connectivity index (χ1n) is 11.9. The standard InChI is InChI=1S/C27H32FN3O3/c1-17-12-23(29-25(32)8-11-31-9-6-5-7-10-31)13-18(2)27(17)33-24-15-21(14-22(28)16-24)26-19(3)30-34-20(26)4/h12-16H,5-11H2,1-4H3,(H,29,32). The van der Waals surface area contributed by atoms with Gasteiger partial charge in [-0.05, 0) is 94.6 Å². The van der Waals surface area contributed by atoms with E-state index in [1.165, 1.54) is 31.4 Å². The highest BCUT2D eigenvalue weighted by atomic mass is 19.1. The number of halogens is 1. The fourth-order valence-corrected chi connectivity index (χ4v) is 4.63. The first kappa shape index (κ1) is 24.0. The summed E-state index contributed by atoms with van der Waals surface area (Å²) in [5.41, 5.74) is 4.56. The molecule has 180 valence electrons. The van der Waals surface area contributed by atoms with Crippen LogP contribution in [0, 0.1) is 33.5 Å². The molecule has 34 heavy (non-hydrogen) atoms. The minimum absolute atomic E-state index is 0.00674. The number of amides is 1. The molecule has 7 heteroatoms. The number of carbonyl (C=O) groups excluding carboxylic acids is 1. The van der Waals surface area contributed by atoms with E-state index in [4.69, 9.17) is 9.26 Å². The second-order valence-corrected chi connectivity index (χ2v) is 9.12. The van der Waals surface area contributed by atoms with Gasteiger partial charge in [0.25, 0.3) is 0 Å². The molecular formula is C27H32FN3O3. The van der Waals surface area contributed by atoms with Gasteiger partial charge in [-0.15, -0.1) is 0 Å². The Bertz CT molecular complexity index is 1140. The summed E-state index contributed by atoms with van der Waals surface area (Å²) in [5, 5.41) is 6.97. The zero-order chi connectivity index (χ0) is 24.2. The number of piperidine rings is 1. The second-order valence-electron chi connectivity index (χ2n) is 9.12. The number of anilines is 1. The van der Waals surface area contributed by atoms with Crippen LogP contribution in [0.2, 0.25) is 0 Å². The van der Waals surface area contributed by atoms with Crippen LogP contribution in [0.5, 0.6) is 11.5 Å². The largest absolute Gasteiger partial charge is 0.457 e. The molecule has 6 nitrogen and oxygen atoms in total. The highest BCUT2D eigenvalue weighted by Gasteiger charge is 2.16. The van der Waals surface area contributed by atoms with E-state index >= 15 is 0 Å². The molecule has 0 atom stereocenters. The van der Waals surface area contributed by atoms with E-state index in [1.54, 1.807) is 13.0 Å². The van der Waals surface area contributed by atoms with E-state index in [9.17, 15) is 9.18 Å². The highest BCUT2D eigenvalue weighted by molar-refractivity contribution is 5.91. The SMILES string of the molecule is Cc1cc(NC(=O)CCN2CCCCC2)cc(C)c1Oc1cc(F)cc(-c2c(C)noc2C)c1. The summed E-state index contributed by atoms with van der Waals surface area (Å²) in [7, 11) is 0. The Balaban J connectivity index is 1.47. The number of hydrogen-bond acceptors (Lipinski definition) is 5. The van der Waals surface area contributed by atoms with Crippen molar-refractivity contribution < 1.29 is 18.4 Å². The van der Waals surface area contributed by atoms with Crippen LogP contribution in [0.1, 0.15) is 48.3 Å². The molecular weight excluding hydrogens is 433 g/mol. The van der Waals surface area contributed by atoms with Crippen LogP contribution in [0.4, 0.5) is 10.1 Å². The second kappa shape index (κ2) is 10.4. The van der Waals surface area contributed by atoms with Crippen molar-refractivity contribution in [3.05, 3.63) is 58.7 Å². The molecule has 0 aliphatic carbocycles. The zero-order valence-electron chi connectivity index (χ0n) is 20.3. The van der Waals surface area contributed by atoms with Crippen LogP contribution in [-0.4, -0.2) is 35.6 Å². The molecule has 0 unspecified atom stereocenters. The Morgan fingerprint density at radius 3 is 2.41 bits per heavy atom. The van der Waals surface area contributed by atoms with Gasteiger partial charge in [0.05, 0.1) is 5.69 Å². The summed E-state index contributed by atoms with van der Waals surface area (Å²) < 4.78 is 25.8. The summed E-state index contributed by atoms with van der Waals surface area (Å²) in [4.78, 5) is 14.8. The van der Waals surface area contributed by atoms with Gasteiger partial charge in [-0.3, -0.25) is 4.79 Å². The van der Waals surface area contributed by atoms with Crippen LogP contribution in [0.3, 0.4) is 0 Å². The van der Waals surface area contributed by atoms with Gasteiger partial charge >= 0.3 is 0 Å². The molecule has 2 aromatic carbocycles. The van der Waals surface area contributed by atoms with E-state index in [0.29, 0.717) is 34.9 Å². The van der Waals surface area contributed by atoms with Crippen molar-refractivity contribution in [1.82, 2.24) is 10.1 Å². The number of likely N-dealkylation sites (tertiary alicyclic amines) is 1. The fourth-order valence-electron chi connectivity index (χ4n) is 4.63. The molecule has 4 rings (SSSR count). The van der Waals surface area contributed by atoms with Crippen LogP contribution in [-0.2, 0) is 4.79 Å². The van der Waals surface area contributed by atoms with Gasteiger partial charge in [0.2, 0.25) is 5.91 Å². The van der Waals surface area contributed by atoms with E-state index in [1.807, 2.05) is 32.9 Å². The molecule has 3 aromatic rings. The van der Waals surface area contributed by atoms with Gasteiger partial charge < -0.3 is 19.5 Å². The maximum Gasteiger partial charge on any atom is 0.225 e. The molecule has 1 aliphatic heterocycles. The lowest BCUT2D eigenvalue weighted by molar-refractivity contribution is -0.116. The molecule has 1 amide bonds. The number of carbonyl (C=O) groups is 1. The third-order valence-electron chi connectivity index (χ3n) is 6.26. The lowest BCUT2D eigenvalue weighted by Crippen LogP contribution is -2.32. The van der Waals surface area contributed by atoms with Crippen molar-refractivity contribution in [1.29, 1.82) is 0 Å². The Morgan fingerprint density at radius 1 is 1.06 bits per heavy atom. The fraction of sp³-hybridized carbons (Fsp3) is 0.407. The van der Waals surface area contributed by atoms with Crippen LogP contribution < -0.4 is 10.1 Å². The Kier molecular flexibility index (Phi) is 7.32. The molecule has 1 N–H and O–H groups in total. The molecule has 1 saturated heterocycles. The molecule has 1 fully saturated rings. The molecule has 0 saturated carbocycles. The maximum absolute atomic E-state index is 14.4. The van der Waals surface area contributed by atoms with Crippen molar-refractivity contribution in [2.24, 2.45) is 0 Å². The van der Waals surface area contributed by atoms with E-state index in [-0.39, 0.29) is 5.91 Å². The topological polar surface area (TPSA) is 67.6 Å². The summed E-state index contributed by atoms with van der Waals surface area (Å²) in [6, 6.07) is 8.36. The van der Waals surface area contributed by atoms with Gasteiger partial charge in [0.15, 0.2) is 0 Å². The summed E-state index contributed by atoms with van der Waals surface area (Å²) in [6.45, 7) is 10.4.